The minimum atomic E-state index is -0.506. The number of benzene rings is 2. The zero-order valence-electron chi connectivity index (χ0n) is 14.3. The Kier molecular flexibility index (Phi) is 5.66. The minimum absolute atomic E-state index is 0.0850. The van der Waals surface area contributed by atoms with Crippen LogP contribution in [-0.2, 0) is 0 Å². The van der Waals surface area contributed by atoms with Crippen LogP contribution in [0, 0.1) is 11.7 Å². The van der Waals surface area contributed by atoms with E-state index in [0.29, 0.717) is 12.5 Å². The van der Waals surface area contributed by atoms with E-state index in [4.69, 9.17) is 4.74 Å². The Morgan fingerprint density at radius 2 is 2.00 bits per heavy atom. The van der Waals surface area contributed by atoms with Gasteiger partial charge in [0.15, 0.2) is 0 Å². The third-order valence-electron chi connectivity index (χ3n) is 4.64. The van der Waals surface area contributed by atoms with Crippen molar-refractivity contribution in [3.05, 3.63) is 53.8 Å². The second-order valence-corrected chi connectivity index (χ2v) is 6.33. The fourth-order valence-corrected chi connectivity index (χ4v) is 3.11. The highest BCUT2D eigenvalue weighted by atomic mass is 19.1. The maximum Gasteiger partial charge on any atom is 0.254 e. The number of carbonyl (C=O) groups excluding carboxylic acids is 1. The SMILES string of the molecule is COc1ccc(-c2ccc(C(=O)NCCC3CCNC3)c(F)c2)cc1. The molecule has 5 heteroatoms. The van der Waals surface area contributed by atoms with E-state index < -0.39 is 5.82 Å². The summed E-state index contributed by atoms with van der Waals surface area (Å²) >= 11 is 0. The van der Waals surface area contributed by atoms with Crippen molar-refractivity contribution >= 4 is 5.91 Å². The first-order chi connectivity index (χ1) is 12.2. The van der Waals surface area contributed by atoms with E-state index in [9.17, 15) is 9.18 Å². The molecule has 0 aromatic heterocycles. The molecule has 1 atom stereocenters. The average Bonchev–Trinajstić information content (AvgIpc) is 3.15. The highest BCUT2D eigenvalue weighted by molar-refractivity contribution is 5.95. The van der Waals surface area contributed by atoms with Crippen LogP contribution in [0.5, 0.6) is 5.75 Å². The van der Waals surface area contributed by atoms with Gasteiger partial charge < -0.3 is 15.4 Å². The number of carbonyl (C=O) groups is 1. The Balaban J connectivity index is 1.62. The molecule has 1 saturated heterocycles. The van der Waals surface area contributed by atoms with Crippen LogP contribution < -0.4 is 15.4 Å². The lowest BCUT2D eigenvalue weighted by molar-refractivity contribution is 0.0947. The fourth-order valence-electron chi connectivity index (χ4n) is 3.11. The van der Waals surface area contributed by atoms with E-state index in [1.807, 2.05) is 24.3 Å². The van der Waals surface area contributed by atoms with Gasteiger partial charge in [0.05, 0.1) is 12.7 Å². The van der Waals surface area contributed by atoms with Gasteiger partial charge in [0, 0.05) is 6.54 Å². The van der Waals surface area contributed by atoms with Crippen molar-refractivity contribution in [3.8, 4) is 16.9 Å². The van der Waals surface area contributed by atoms with Crippen molar-refractivity contribution in [3.63, 3.8) is 0 Å². The summed E-state index contributed by atoms with van der Waals surface area (Å²) < 4.78 is 19.5. The molecule has 0 saturated carbocycles. The quantitative estimate of drug-likeness (QED) is 0.847. The molecule has 0 bridgehead atoms. The van der Waals surface area contributed by atoms with E-state index in [-0.39, 0.29) is 11.5 Å². The molecule has 2 aromatic carbocycles. The molecule has 132 valence electrons. The summed E-state index contributed by atoms with van der Waals surface area (Å²) in [5.41, 5.74) is 1.69. The molecular formula is C20H23FN2O2. The number of hydrogen-bond acceptors (Lipinski definition) is 3. The lowest BCUT2D eigenvalue weighted by Gasteiger charge is -2.11. The average molecular weight is 342 g/mol. The van der Waals surface area contributed by atoms with Gasteiger partial charge in [-0.15, -0.1) is 0 Å². The van der Waals surface area contributed by atoms with Gasteiger partial charge in [0.2, 0.25) is 0 Å². The monoisotopic (exact) mass is 342 g/mol. The van der Waals surface area contributed by atoms with Crippen molar-refractivity contribution in [1.82, 2.24) is 10.6 Å². The molecule has 4 nitrogen and oxygen atoms in total. The highest BCUT2D eigenvalue weighted by Crippen LogP contribution is 2.24. The fraction of sp³-hybridized carbons (Fsp3) is 0.350. The molecule has 0 aliphatic carbocycles. The molecule has 2 aromatic rings. The van der Waals surface area contributed by atoms with Crippen molar-refractivity contribution in [2.24, 2.45) is 5.92 Å². The molecule has 1 heterocycles. The first-order valence-corrected chi connectivity index (χ1v) is 8.60. The highest BCUT2D eigenvalue weighted by Gasteiger charge is 2.16. The van der Waals surface area contributed by atoms with Gasteiger partial charge in [-0.3, -0.25) is 4.79 Å². The van der Waals surface area contributed by atoms with Gasteiger partial charge in [-0.25, -0.2) is 4.39 Å². The molecule has 2 N–H and O–H groups in total. The van der Waals surface area contributed by atoms with Crippen LogP contribution in [0.2, 0.25) is 0 Å². The standard InChI is InChI=1S/C20H23FN2O2/c1-25-17-5-2-15(3-6-17)16-4-7-18(19(21)12-16)20(24)23-11-9-14-8-10-22-13-14/h2-7,12,14,22H,8-11,13H2,1H3,(H,23,24). The molecule has 25 heavy (non-hydrogen) atoms. The topological polar surface area (TPSA) is 50.4 Å². The lowest BCUT2D eigenvalue weighted by atomic mass is 10.0. The first-order valence-electron chi connectivity index (χ1n) is 8.60. The summed E-state index contributed by atoms with van der Waals surface area (Å²) in [4.78, 5) is 12.2. The Morgan fingerprint density at radius 3 is 2.64 bits per heavy atom. The molecule has 1 aliphatic rings. The van der Waals surface area contributed by atoms with Crippen LogP contribution in [0.4, 0.5) is 4.39 Å². The molecule has 3 rings (SSSR count). The third-order valence-corrected chi connectivity index (χ3v) is 4.64. The van der Waals surface area contributed by atoms with E-state index >= 15 is 0 Å². The molecule has 1 aliphatic heterocycles. The van der Waals surface area contributed by atoms with Gasteiger partial charge >= 0.3 is 0 Å². The van der Waals surface area contributed by atoms with Gasteiger partial charge in [-0.05, 0) is 67.2 Å². The predicted octanol–water partition coefficient (Wildman–Crippen LogP) is 3.23. The van der Waals surface area contributed by atoms with E-state index in [1.165, 1.54) is 6.07 Å². The van der Waals surface area contributed by atoms with E-state index in [2.05, 4.69) is 10.6 Å². The minimum Gasteiger partial charge on any atom is -0.497 e. The normalized spacial score (nSPS) is 16.6. The Hall–Kier alpha value is -2.40. The van der Waals surface area contributed by atoms with Crippen LogP contribution in [0.3, 0.4) is 0 Å². The van der Waals surface area contributed by atoms with Crippen molar-refractivity contribution in [2.75, 3.05) is 26.7 Å². The van der Waals surface area contributed by atoms with Gasteiger partial charge in [0.25, 0.3) is 5.91 Å². The van der Waals surface area contributed by atoms with Crippen molar-refractivity contribution < 1.29 is 13.9 Å². The molecule has 0 spiro atoms. The van der Waals surface area contributed by atoms with E-state index in [0.717, 1.165) is 42.8 Å². The van der Waals surface area contributed by atoms with Crippen molar-refractivity contribution in [1.29, 1.82) is 0 Å². The maximum atomic E-state index is 14.4. The van der Waals surface area contributed by atoms with Crippen LogP contribution in [0.25, 0.3) is 11.1 Å². The van der Waals surface area contributed by atoms with Gasteiger partial charge in [-0.1, -0.05) is 18.2 Å². The number of nitrogens with one attached hydrogen (secondary N) is 2. The summed E-state index contributed by atoms with van der Waals surface area (Å²) in [6.45, 7) is 2.62. The number of hydrogen-bond donors (Lipinski definition) is 2. The largest absolute Gasteiger partial charge is 0.497 e. The first kappa shape index (κ1) is 17.4. The Labute approximate surface area is 147 Å². The van der Waals surface area contributed by atoms with Crippen LogP contribution in [0.1, 0.15) is 23.2 Å². The Bertz CT molecular complexity index is 725. The van der Waals surface area contributed by atoms with Crippen LogP contribution >= 0.6 is 0 Å². The van der Waals surface area contributed by atoms with Crippen LogP contribution in [0.15, 0.2) is 42.5 Å². The van der Waals surface area contributed by atoms with Gasteiger partial charge in [-0.2, -0.15) is 0 Å². The zero-order chi connectivity index (χ0) is 17.6. The third kappa shape index (κ3) is 4.37. The zero-order valence-corrected chi connectivity index (χ0v) is 14.3. The molecule has 1 amide bonds. The van der Waals surface area contributed by atoms with Crippen LogP contribution in [-0.4, -0.2) is 32.7 Å². The summed E-state index contributed by atoms with van der Waals surface area (Å²) in [6.07, 6.45) is 2.06. The summed E-state index contributed by atoms with van der Waals surface area (Å²) in [6, 6.07) is 12.1. The second-order valence-electron chi connectivity index (χ2n) is 6.33. The lowest BCUT2D eigenvalue weighted by Crippen LogP contribution is -2.27. The number of methoxy groups -OCH3 is 1. The number of rotatable bonds is 6. The summed E-state index contributed by atoms with van der Waals surface area (Å²) in [5.74, 6) is 0.485. The molecule has 0 radical (unpaired) electrons. The number of halogens is 1. The predicted molar refractivity (Wildman–Crippen MR) is 96.3 cm³/mol. The number of ether oxygens (including phenoxy) is 1. The summed E-state index contributed by atoms with van der Waals surface area (Å²) in [7, 11) is 1.60. The number of amides is 1. The molecule has 1 unspecified atom stereocenters. The Morgan fingerprint density at radius 1 is 1.24 bits per heavy atom. The maximum absolute atomic E-state index is 14.4. The van der Waals surface area contributed by atoms with Gasteiger partial charge in [0.1, 0.15) is 11.6 Å². The smallest absolute Gasteiger partial charge is 0.254 e. The summed E-state index contributed by atoms with van der Waals surface area (Å²) in [5, 5.41) is 6.12. The van der Waals surface area contributed by atoms with E-state index in [1.54, 1.807) is 19.2 Å². The second kappa shape index (κ2) is 8.12. The van der Waals surface area contributed by atoms with Crippen molar-refractivity contribution in [2.45, 2.75) is 12.8 Å². The molecular weight excluding hydrogens is 319 g/mol. The molecule has 1 fully saturated rings.